The normalized spacial score (nSPS) is 11.5. The summed E-state index contributed by atoms with van der Waals surface area (Å²) in [6.07, 6.45) is 0. The fraction of sp³-hybridized carbons (Fsp3) is 0.364. The number of carbonyl (C=O) groups excluding carboxylic acids is 1. The van der Waals surface area contributed by atoms with Gasteiger partial charge in [0, 0.05) is 7.05 Å². The average Bonchev–Trinajstić information content (AvgIpc) is 2.76. The lowest BCUT2D eigenvalue weighted by atomic mass is 10.1. The molecule has 0 aliphatic rings. The van der Waals surface area contributed by atoms with E-state index in [0.29, 0.717) is 11.8 Å². The molecular weight excluding hydrogens is 250 g/mol. The van der Waals surface area contributed by atoms with Crippen molar-refractivity contribution >= 4 is 39.2 Å². The molecule has 1 amide bonds. The van der Waals surface area contributed by atoms with Crippen LogP contribution in [0.4, 0.5) is 11.8 Å². The molecule has 0 saturated carbocycles. The minimum absolute atomic E-state index is 0.435. The van der Waals surface area contributed by atoms with Crippen LogP contribution in [-0.2, 0) is 4.79 Å². The first-order chi connectivity index (χ1) is 8.44. The van der Waals surface area contributed by atoms with Crippen LogP contribution in [0.3, 0.4) is 0 Å². The van der Waals surface area contributed by atoms with Gasteiger partial charge in [0.1, 0.15) is 16.2 Å². The first kappa shape index (κ1) is 12.6. The van der Waals surface area contributed by atoms with Gasteiger partial charge in [0.25, 0.3) is 0 Å². The van der Waals surface area contributed by atoms with Crippen molar-refractivity contribution in [2.75, 3.05) is 17.7 Å². The SMILES string of the molecule is CNc1nc(NC(C)(C)C(N)=O)c2ccsc2n1. The van der Waals surface area contributed by atoms with Crippen molar-refractivity contribution in [3.8, 4) is 0 Å². The first-order valence-corrected chi connectivity index (χ1v) is 6.33. The number of amides is 1. The van der Waals surface area contributed by atoms with Crippen LogP contribution in [0.25, 0.3) is 10.2 Å². The number of primary amides is 1. The van der Waals surface area contributed by atoms with Gasteiger partial charge >= 0.3 is 0 Å². The topological polar surface area (TPSA) is 92.9 Å². The molecule has 2 rings (SSSR count). The fourth-order valence-corrected chi connectivity index (χ4v) is 2.18. The van der Waals surface area contributed by atoms with Crippen molar-refractivity contribution in [3.63, 3.8) is 0 Å². The number of fused-ring (bicyclic) bond motifs is 1. The molecule has 2 aromatic heterocycles. The quantitative estimate of drug-likeness (QED) is 0.777. The predicted octanol–water partition coefficient (Wildman–Crippen LogP) is 1.41. The molecular formula is C11H15N5OS. The molecule has 0 aliphatic carbocycles. The summed E-state index contributed by atoms with van der Waals surface area (Å²) in [5, 5.41) is 8.77. The van der Waals surface area contributed by atoms with E-state index >= 15 is 0 Å². The molecule has 0 atom stereocenters. The Morgan fingerprint density at radius 1 is 1.44 bits per heavy atom. The third-order valence-corrected chi connectivity index (χ3v) is 3.40. The zero-order chi connectivity index (χ0) is 13.3. The number of hydrogen-bond acceptors (Lipinski definition) is 6. The monoisotopic (exact) mass is 265 g/mol. The van der Waals surface area contributed by atoms with E-state index in [1.807, 2.05) is 11.4 Å². The third kappa shape index (κ3) is 2.21. The van der Waals surface area contributed by atoms with Crippen LogP contribution in [0.15, 0.2) is 11.4 Å². The highest BCUT2D eigenvalue weighted by atomic mass is 32.1. The van der Waals surface area contributed by atoms with E-state index in [2.05, 4.69) is 20.6 Å². The highest BCUT2D eigenvalue weighted by Crippen LogP contribution is 2.28. The van der Waals surface area contributed by atoms with Gasteiger partial charge in [-0.1, -0.05) is 0 Å². The number of thiophene rings is 1. The summed E-state index contributed by atoms with van der Waals surface area (Å²) in [6.45, 7) is 3.43. The standard InChI is InChI=1S/C11H15N5OS/c1-11(2,9(12)17)16-7-6-4-5-18-8(6)15-10(13-3)14-7/h4-5H,1-3H3,(H2,12,17)(H2,13,14,15,16). The zero-order valence-corrected chi connectivity index (χ0v) is 11.3. The lowest BCUT2D eigenvalue weighted by molar-refractivity contribution is -0.121. The van der Waals surface area contributed by atoms with Gasteiger partial charge in [0.2, 0.25) is 11.9 Å². The molecule has 18 heavy (non-hydrogen) atoms. The highest BCUT2D eigenvalue weighted by molar-refractivity contribution is 7.16. The van der Waals surface area contributed by atoms with Crippen molar-refractivity contribution < 1.29 is 4.79 Å². The Morgan fingerprint density at radius 2 is 2.17 bits per heavy atom. The zero-order valence-electron chi connectivity index (χ0n) is 10.4. The largest absolute Gasteiger partial charge is 0.368 e. The number of nitrogens with one attached hydrogen (secondary N) is 2. The lowest BCUT2D eigenvalue weighted by Crippen LogP contribution is -2.45. The number of rotatable bonds is 4. The molecule has 2 aromatic rings. The van der Waals surface area contributed by atoms with E-state index in [9.17, 15) is 4.79 Å². The Morgan fingerprint density at radius 3 is 2.78 bits per heavy atom. The maximum absolute atomic E-state index is 11.4. The van der Waals surface area contributed by atoms with Crippen LogP contribution < -0.4 is 16.4 Å². The molecule has 96 valence electrons. The van der Waals surface area contributed by atoms with Gasteiger partial charge in [-0.2, -0.15) is 4.98 Å². The van der Waals surface area contributed by atoms with E-state index in [1.165, 1.54) is 11.3 Å². The van der Waals surface area contributed by atoms with E-state index in [1.54, 1.807) is 20.9 Å². The Balaban J connectivity index is 2.49. The van der Waals surface area contributed by atoms with Crippen molar-refractivity contribution in [1.29, 1.82) is 0 Å². The number of anilines is 2. The van der Waals surface area contributed by atoms with Gasteiger partial charge in [-0.25, -0.2) is 4.98 Å². The number of nitrogens with two attached hydrogens (primary N) is 1. The highest BCUT2D eigenvalue weighted by Gasteiger charge is 2.26. The first-order valence-electron chi connectivity index (χ1n) is 5.45. The molecule has 6 nitrogen and oxygen atoms in total. The molecule has 0 spiro atoms. The Labute approximate surface area is 109 Å². The van der Waals surface area contributed by atoms with Gasteiger partial charge < -0.3 is 16.4 Å². The van der Waals surface area contributed by atoms with Crippen LogP contribution in [0.2, 0.25) is 0 Å². The van der Waals surface area contributed by atoms with Crippen LogP contribution in [-0.4, -0.2) is 28.5 Å². The van der Waals surface area contributed by atoms with E-state index in [4.69, 9.17) is 5.73 Å². The Kier molecular flexibility index (Phi) is 3.08. The van der Waals surface area contributed by atoms with Crippen molar-refractivity contribution in [3.05, 3.63) is 11.4 Å². The summed E-state index contributed by atoms with van der Waals surface area (Å²) in [5.41, 5.74) is 4.48. The average molecular weight is 265 g/mol. The molecule has 7 heteroatoms. The summed E-state index contributed by atoms with van der Waals surface area (Å²) in [5.74, 6) is 0.678. The van der Waals surface area contributed by atoms with Crippen molar-refractivity contribution in [2.45, 2.75) is 19.4 Å². The van der Waals surface area contributed by atoms with Crippen LogP contribution in [0, 0.1) is 0 Å². The summed E-state index contributed by atoms with van der Waals surface area (Å²) in [7, 11) is 1.75. The van der Waals surface area contributed by atoms with Crippen LogP contribution >= 0.6 is 11.3 Å². The number of carbonyl (C=O) groups is 1. The van der Waals surface area contributed by atoms with Gasteiger partial charge in [-0.3, -0.25) is 4.79 Å². The van der Waals surface area contributed by atoms with Gasteiger partial charge in [-0.05, 0) is 25.3 Å². The van der Waals surface area contributed by atoms with Gasteiger partial charge in [0.05, 0.1) is 5.39 Å². The number of aromatic nitrogens is 2. The van der Waals surface area contributed by atoms with Crippen molar-refractivity contribution in [1.82, 2.24) is 9.97 Å². The van der Waals surface area contributed by atoms with Crippen LogP contribution in [0.1, 0.15) is 13.8 Å². The summed E-state index contributed by atoms with van der Waals surface area (Å²) >= 11 is 1.52. The van der Waals surface area contributed by atoms with Gasteiger partial charge in [-0.15, -0.1) is 11.3 Å². The minimum atomic E-state index is -0.867. The molecule has 0 aliphatic heterocycles. The minimum Gasteiger partial charge on any atom is -0.368 e. The number of hydrogen-bond donors (Lipinski definition) is 3. The molecule has 0 aromatic carbocycles. The maximum atomic E-state index is 11.4. The second-order valence-electron chi connectivity index (χ2n) is 4.40. The Hall–Kier alpha value is -1.89. The summed E-state index contributed by atoms with van der Waals surface area (Å²) in [6, 6.07) is 1.92. The van der Waals surface area contributed by atoms with E-state index in [-0.39, 0.29) is 0 Å². The molecule has 2 heterocycles. The molecule has 0 radical (unpaired) electrons. The predicted molar refractivity (Wildman–Crippen MR) is 73.9 cm³/mol. The molecule has 0 fully saturated rings. The second kappa shape index (κ2) is 4.41. The maximum Gasteiger partial charge on any atom is 0.242 e. The molecule has 0 unspecified atom stereocenters. The fourth-order valence-electron chi connectivity index (χ4n) is 1.42. The number of nitrogens with zero attached hydrogens (tertiary/aromatic N) is 2. The molecule has 0 bridgehead atoms. The van der Waals surface area contributed by atoms with Gasteiger partial charge in [0.15, 0.2) is 0 Å². The summed E-state index contributed by atoms with van der Waals surface area (Å²) in [4.78, 5) is 20.9. The molecule has 0 saturated heterocycles. The van der Waals surface area contributed by atoms with E-state index in [0.717, 1.165) is 10.2 Å². The van der Waals surface area contributed by atoms with Crippen LogP contribution in [0.5, 0.6) is 0 Å². The van der Waals surface area contributed by atoms with Crippen molar-refractivity contribution in [2.24, 2.45) is 5.73 Å². The smallest absolute Gasteiger partial charge is 0.242 e. The second-order valence-corrected chi connectivity index (χ2v) is 5.29. The summed E-state index contributed by atoms with van der Waals surface area (Å²) < 4.78 is 0. The van der Waals surface area contributed by atoms with E-state index < -0.39 is 11.4 Å². The lowest BCUT2D eigenvalue weighted by Gasteiger charge is -2.23. The third-order valence-electron chi connectivity index (χ3n) is 2.60. The molecule has 4 N–H and O–H groups in total. The Bertz CT molecular complexity index is 592.